The van der Waals surface area contributed by atoms with Crippen LogP contribution in [0.3, 0.4) is 0 Å². The summed E-state index contributed by atoms with van der Waals surface area (Å²) in [6.07, 6.45) is 5.89. The van der Waals surface area contributed by atoms with Crippen molar-refractivity contribution in [3.63, 3.8) is 0 Å². The minimum absolute atomic E-state index is 0.0422. The number of ether oxygens (including phenoxy) is 1. The smallest absolute Gasteiger partial charge is 0.305 e. The lowest BCUT2D eigenvalue weighted by atomic mass is 9.96. The van der Waals surface area contributed by atoms with Gasteiger partial charge >= 0.3 is 5.97 Å². The number of hydrogen-bond acceptors (Lipinski definition) is 4. The Hall–Kier alpha value is -0.620. The maximum absolute atomic E-state index is 12.2. The lowest BCUT2D eigenvalue weighted by Crippen LogP contribution is -2.34. The highest BCUT2D eigenvalue weighted by Gasteiger charge is 2.25. The molecule has 0 spiro atoms. The summed E-state index contributed by atoms with van der Waals surface area (Å²) in [5, 5.41) is 0. The fourth-order valence-corrected chi connectivity index (χ4v) is 4.30. The van der Waals surface area contributed by atoms with Gasteiger partial charge in [-0.15, -0.1) is 0 Å². The first-order chi connectivity index (χ1) is 9.49. The van der Waals surface area contributed by atoms with Crippen molar-refractivity contribution in [3.05, 3.63) is 0 Å². The molecule has 1 aliphatic rings. The summed E-state index contributed by atoms with van der Waals surface area (Å²) < 4.78 is 30.6. The second-order valence-corrected chi connectivity index (χ2v) is 7.57. The molecule has 0 radical (unpaired) electrons. The number of rotatable bonds is 7. The molecule has 0 aliphatic carbocycles. The molecule has 0 N–H and O–H groups in total. The van der Waals surface area contributed by atoms with Gasteiger partial charge in [0.15, 0.2) is 0 Å². The zero-order valence-electron chi connectivity index (χ0n) is 12.6. The Morgan fingerprint density at radius 3 is 2.70 bits per heavy atom. The standard InChI is InChI=1S/C14H27NO4S/c1-3-6-13-7-4-10-15(11-9-13)20(17,18)12-5-8-14(16)19-2/h13H,3-12H2,1-2H3. The van der Waals surface area contributed by atoms with Gasteiger partial charge < -0.3 is 4.74 Å². The van der Waals surface area contributed by atoms with E-state index >= 15 is 0 Å². The first-order valence-corrected chi connectivity index (χ1v) is 9.15. The Kier molecular flexibility index (Phi) is 7.51. The van der Waals surface area contributed by atoms with Crippen LogP contribution in [-0.2, 0) is 19.6 Å². The van der Waals surface area contributed by atoms with Crippen LogP contribution in [0.2, 0.25) is 0 Å². The van der Waals surface area contributed by atoms with E-state index in [2.05, 4.69) is 11.7 Å². The predicted octanol–water partition coefficient (Wildman–Crippen LogP) is 2.17. The maximum atomic E-state index is 12.2. The molecule has 5 nitrogen and oxygen atoms in total. The van der Waals surface area contributed by atoms with E-state index in [9.17, 15) is 13.2 Å². The molecule has 0 aromatic heterocycles. The lowest BCUT2D eigenvalue weighted by Gasteiger charge is -2.20. The third-order valence-corrected chi connectivity index (χ3v) is 5.86. The summed E-state index contributed by atoms with van der Waals surface area (Å²) in [5.41, 5.74) is 0. The molecule has 0 aromatic rings. The van der Waals surface area contributed by atoms with Crippen molar-refractivity contribution in [3.8, 4) is 0 Å². The van der Waals surface area contributed by atoms with Crippen LogP contribution >= 0.6 is 0 Å². The topological polar surface area (TPSA) is 63.7 Å². The molecule has 0 saturated carbocycles. The van der Waals surface area contributed by atoms with Crippen LogP contribution in [0.15, 0.2) is 0 Å². The third kappa shape index (κ3) is 5.79. The highest BCUT2D eigenvalue weighted by molar-refractivity contribution is 7.89. The average Bonchev–Trinajstić information content (AvgIpc) is 2.65. The van der Waals surface area contributed by atoms with Gasteiger partial charge in [-0.05, 0) is 31.6 Å². The summed E-state index contributed by atoms with van der Waals surface area (Å²) in [5.74, 6) is 0.356. The van der Waals surface area contributed by atoms with Crippen LogP contribution in [0.1, 0.15) is 51.9 Å². The monoisotopic (exact) mass is 305 g/mol. The van der Waals surface area contributed by atoms with Gasteiger partial charge in [0, 0.05) is 19.5 Å². The number of carbonyl (C=O) groups excluding carboxylic acids is 1. The molecule has 1 fully saturated rings. The van der Waals surface area contributed by atoms with Crippen LogP contribution in [0.25, 0.3) is 0 Å². The number of methoxy groups -OCH3 is 1. The minimum atomic E-state index is -3.22. The molecule has 1 aliphatic heterocycles. The largest absolute Gasteiger partial charge is 0.469 e. The van der Waals surface area contributed by atoms with Crippen molar-refractivity contribution in [1.29, 1.82) is 0 Å². The van der Waals surface area contributed by atoms with Gasteiger partial charge in [-0.2, -0.15) is 0 Å². The Bertz CT molecular complexity index is 394. The molecule has 1 unspecified atom stereocenters. The predicted molar refractivity (Wildman–Crippen MR) is 78.9 cm³/mol. The SMILES string of the molecule is CCCC1CCCN(S(=O)(=O)CCCC(=O)OC)CC1. The number of esters is 1. The van der Waals surface area contributed by atoms with Gasteiger partial charge in [-0.25, -0.2) is 12.7 Å². The van der Waals surface area contributed by atoms with Gasteiger partial charge in [0.1, 0.15) is 0 Å². The van der Waals surface area contributed by atoms with Gasteiger partial charge in [0.05, 0.1) is 12.9 Å². The Balaban J connectivity index is 2.44. The molecular weight excluding hydrogens is 278 g/mol. The molecule has 6 heteroatoms. The van der Waals surface area contributed by atoms with Crippen molar-refractivity contribution in [1.82, 2.24) is 4.31 Å². The van der Waals surface area contributed by atoms with Crippen molar-refractivity contribution in [2.75, 3.05) is 26.0 Å². The van der Waals surface area contributed by atoms with Gasteiger partial charge in [-0.3, -0.25) is 4.79 Å². The third-order valence-electron chi connectivity index (χ3n) is 3.91. The maximum Gasteiger partial charge on any atom is 0.305 e. The van der Waals surface area contributed by atoms with Crippen molar-refractivity contribution < 1.29 is 17.9 Å². The first-order valence-electron chi connectivity index (χ1n) is 7.54. The quantitative estimate of drug-likeness (QED) is 0.676. The molecular formula is C14H27NO4S. The number of sulfonamides is 1. The Labute approximate surface area is 122 Å². The average molecular weight is 305 g/mol. The minimum Gasteiger partial charge on any atom is -0.469 e. The normalized spacial score (nSPS) is 21.4. The van der Waals surface area contributed by atoms with Gasteiger partial charge in [0.25, 0.3) is 0 Å². The van der Waals surface area contributed by atoms with Crippen molar-refractivity contribution in [2.24, 2.45) is 5.92 Å². The summed E-state index contributed by atoms with van der Waals surface area (Å²) in [7, 11) is -1.90. The van der Waals surface area contributed by atoms with E-state index in [-0.39, 0.29) is 18.1 Å². The zero-order valence-corrected chi connectivity index (χ0v) is 13.5. The molecule has 1 heterocycles. The van der Waals surface area contributed by atoms with Gasteiger partial charge in [0.2, 0.25) is 10.0 Å². The first kappa shape index (κ1) is 17.4. The summed E-state index contributed by atoms with van der Waals surface area (Å²) in [4.78, 5) is 11.0. The van der Waals surface area contributed by atoms with E-state index < -0.39 is 10.0 Å². The Morgan fingerprint density at radius 2 is 2.05 bits per heavy atom. The lowest BCUT2D eigenvalue weighted by molar-refractivity contribution is -0.140. The van der Waals surface area contributed by atoms with Crippen LogP contribution in [0.4, 0.5) is 0 Å². The zero-order chi connectivity index (χ0) is 15.0. The highest BCUT2D eigenvalue weighted by Crippen LogP contribution is 2.23. The van der Waals surface area contributed by atoms with Crippen LogP contribution < -0.4 is 0 Å². The summed E-state index contributed by atoms with van der Waals surface area (Å²) in [6.45, 7) is 3.43. The summed E-state index contributed by atoms with van der Waals surface area (Å²) in [6, 6.07) is 0. The number of carbonyl (C=O) groups is 1. The van der Waals surface area contributed by atoms with E-state index in [1.54, 1.807) is 4.31 Å². The molecule has 118 valence electrons. The van der Waals surface area contributed by atoms with Gasteiger partial charge in [-0.1, -0.05) is 19.8 Å². The second kappa shape index (κ2) is 8.62. The summed E-state index contributed by atoms with van der Waals surface area (Å²) >= 11 is 0. The van der Waals surface area contributed by atoms with E-state index in [4.69, 9.17) is 0 Å². The molecule has 1 rings (SSSR count). The van der Waals surface area contributed by atoms with E-state index in [1.165, 1.54) is 13.5 Å². The van der Waals surface area contributed by atoms with E-state index in [0.29, 0.717) is 25.4 Å². The molecule has 1 atom stereocenters. The second-order valence-electron chi connectivity index (χ2n) is 5.48. The molecule has 0 amide bonds. The Morgan fingerprint density at radius 1 is 1.30 bits per heavy atom. The fraction of sp³-hybridized carbons (Fsp3) is 0.929. The van der Waals surface area contributed by atoms with Crippen molar-refractivity contribution >= 4 is 16.0 Å². The van der Waals surface area contributed by atoms with E-state index in [0.717, 1.165) is 25.7 Å². The number of hydrogen-bond donors (Lipinski definition) is 0. The highest BCUT2D eigenvalue weighted by atomic mass is 32.2. The molecule has 20 heavy (non-hydrogen) atoms. The van der Waals surface area contributed by atoms with Crippen LogP contribution in [0.5, 0.6) is 0 Å². The van der Waals surface area contributed by atoms with Crippen LogP contribution in [-0.4, -0.2) is 44.6 Å². The fourth-order valence-electron chi connectivity index (χ4n) is 2.74. The van der Waals surface area contributed by atoms with Crippen LogP contribution in [0, 0.1) is 5.92 Å². The molecule has 1 saturated heterocycles. The molecule has 0 bridgehead atoms. The van der Waals surface area contributed by atoms with E-state index in [1.807, 2.05) is 0 Å². The number of nitrogens with zero attached hydrogens (tertiary/aromatic N) is 1. The van der Waals surface area contributed by atoms with Crippen molar-refractivity contribution in [2.45, 2.75) is 51.9 Å². The molecule has 0 aromatic carbocycles.